The van der Waals surface area contributed by atoms with E-state index >= 15 is 0 Å². The molecule has 8 heteroatoms. The van der Waals surface area contributed by atoms with Crippen molar-refractivity contribution in [1.29, 1.82) is 0 Å². The highest BCUT2D eigenvalue weighted by atomic mass is 16.7. The molecule has 0 N–H and O–H groups in total. The van der Waals surface area contributed by atoms with Crippen LogP contribution in [0.5, 0.6) is 0 Å². The average molecular weight is 375 g/mol. The molecule has 27 heavy (non-hydrogen) atoms. The van der Waals surface area contributed by atoms with Gasteiger partial charge in [0.2, 0.25) is 0 Å². The van der Waals surface area contributed by atoms with Crippen LogP contribution in [-0.4, -0.2) is 57.8 Å². The van der Waals surface area contributed by atoms with Crippen molar-refractivity contribution >= 4 is 23.2 Å². The molecule has 2 heterocycles. The molecule has 146 valence electrons. The second-order valence-corrected chi connectivity index (χ2v) is 7.83. The van der Waals surface area contributed by atoms with Gasteiger partial charge in [-0.15, -0.1) is 5.06 Å². The zero-order valence-electron chi connectivity index (χ0n) is 16.3. The van der Waals surface area contributed by atoms with Gasteiger partial charge >= 0.3 is 12.1 Å². The molecule has 1 saturated heterocycles. The van der Waals surface area contributed by atoms with E-state index in [4.69, 9.17) is 14.0 Å². The third-order valence-corrected chi connectivity index (χ3v) is 4.26. The van der Waals surface area contributed by atoms with Gasteiger partial charge in [-0.25, -0.2) is 14.6 Å². The van der Waals surface area contributed by atoms with E-state index in [2.05, 4.69) is 4.98 Å². The van der Waals surface area contributed by atoms with Crippen LogP contribution in [0, 0.1) is 0 Å². The van der Waals surface area contributed by atoms with Crippen LogP contribution in [0.25, 0.3) is 11.1 Å². The summed E-state index contributed by atoms with van der Waals surface area (Å²) in [6.07, 6.45) is 0.936. The zero-order chi connectivity index (χ0) is 19.8. The first-order valence-electron chi connectivity index (χ1n) is 8.96. The van der Waals surface area contributed by atoms with Crippen molar-refractivity contribution in [1.82, 2.24) is 14.9 Å². The highest BCUT2D eigenvalue weighted by Gasteiger charge is 2.36. The van der Waals surface area contributed by atoms with Gasteiger partial charge in [-0.1, -0.05) is 6.07 Å². The molecule has 0 unspecified atom stereocenters. The van der Waals surface area contributed by atoms with E-state index in [0.717, 1.165) is 0 Å². The maximum absolute atomic E-state index is 12.7. The number of rotatable bonds is 2. The molecule has 1 aromatic heterocycles. The van der Waals surface area contributed by atoms with Gasteiger partial charge in [-0.3, -0.25) is 0 Å². The number of oxazole rings is 1. The Balaban J connectivity index is 1.69. The van der Waals surface area contributed by atoms with Crippen LogP contribution in [-0.2, 0) is 9.57 Å². The van der Waals surface area contributed by atoms with E-state index in [1.807, 2.05) is 34.6 Å². The van der Waals surface area contributed by atoms with Crippen LogP contribution >= 0.6 is 0 Å². The summed E-state index contributed by atoms with van der Waals surface area (Å²) < 4.78 is 10.7. The molecule has 0 aliphatic carbocycles. The lowest BCUT2D eigenvalue weighted by molar-refractivity contribution is -0.182. The molecule has 1 aromatic carbocycles. The van der Waals surface area contributed by atoms with Gasteiger partial charge in [0.1, 0.15) is 11.1 Å². The van der Waals surface area contributed by atoms with Crippen LogP contribution < -0.4 is 0 Å². The number of para-hydroxylation sites is 1. The number of fused-ring (bicyclic) bond motifs is 1. The molecule has 0 radical (unpaired) electrons. The van der Waals surface area contributed by atoms with E-state index in [1.54, 1.807) is 28.2 Å². The van der Waals surface area contributed by atoms with Crippen LogP contribution in [0.4, 0.5) is 4.79 Å². The number of carbonyl (C=O) groups is 2. The third kappa shape index (κ3) is 4.21. The third-order valence-electron chi connectivity index (χ3n) is 4.26. The Hall–Kier alpha value is -2.61. The molecular formula is C19H25N3O5. The molecule has 2 aromatic rings. The fourth-order valence-corrected chi connectivity index (χ4v) is 3.16. The Kier molecular flexibility index (Phi) is 5.10. The summed E-state index contributed by atoms with van der Waals surface area (Å²) in [5.74, 6) is -0.501. The Labute approximate surface area is 158 Å². The predicted octanol–water partition coefficient (Wildman–Crippen LogP) is 3.23. The summed E-state index contributed by atoms with van der Waals surface area (Å²) in [4.78, 5) is 36.4. The van der Waals surface area contributed by atoms with Gasteiger partial charge in [0.25, 0.3) is 0 Å². The predicted molar refractivity (Wildman–Crippen MR) is 98.0 cm³/mol. The number of ether oxygens (including phenoxy) is 1. The number of hydroxylamine groups is 2. The Bertz CT molecular complexity index is 829. The van der Waals surface area contributed by atoms with E-state index in [-0.39, 0.29) is 18.2 Å². The van der Waals surface area contributed by atoms with E-state index in [0.29, 0.717) is 29.8 Å². The van der Waals surface area contributed by atoms with E-state index in [1.165, 1.54) is 6.39 Å². The van der Waals surface area contributed by atoms with Crippen LogP contribution in [0.3, 0.4) is 0 Å². The molecule has 1 amide bonds. The summed E-state index contributed by atoms with van der Waals surface area (Å²) in [7, 11) is 0. The number of nitrogens with zero attached hydrogens (tertiary/aromatic N) is 3. The van der Waals surface area contributed by atoms with Crippen molar-refractivity contribution in [3.8, 4) is 0 Å². The summed E-state index contributed by atoms with van der Waals surface area (Å²) in [5.41, 5.74) is 0.786. The van der Waals surface area contributed by atoms with Gasteiger partial charge in [0.15, 0.2) is 12.0 Å². The topological polar surface area (TPSA) is 85.1 Å². The number of hydrogen-bond donors (Lipinski definition) is 0. The van der Waals surface area contributed by atoms with Gasteiger partial charge in [-0.2, -0.15) is 0 Å². The first-order valence-corrected chi connectivity index (χ1v) is 8.96. The van der Waals surface area contributed by atoms with Crippen molar-refractivity contribution in [2.45, 2.75) is 52.3 Å². The van der Waals surface area contributed by atoms with Crippen molar-refractivity contribution in [3.63, 3.8) is 0 Å². The van der Waals surface area contributed by atoms with Crippen molar-refractivity contribution < 1.29 is 23.6 Å². The molecule has 2 atom stereocenters. The largest absolute Gasteiger partial charge is 0.444 e. The Morgan fingerprint density at radius 1 is 1.19 bits per heavy atom. The van der Waals surface area contributed by atoms with Crippen molar-refractivity contribution in [3.05, 3.63) is 30.2 Å². The lowest BCUT2D eigenvalue weighted by atomic mass is 10.1. The first-order chi connectivity index (χ1) is 12.7. The number of piperazine rings is 1. The molecule has 0 spiro atoms. The van der Waals surface area contributed by atoms with E-state index in [9.17, 15) is 9.59 Å². The minimum atomic E-state index is -0.552. The quantitative estimate of drug-likeness (QED) is 0.796. The number of hydrogen-bond acceptors (Lipinski definition) is 7. The molecule has 1 aliphatic rings. The summed E-state index contributed by atoms with van der Waals surface area (Å²) in [6, 6.07) is 4.75. The molecule has 0 bridgehead atoms. The molecular weight excluding hydrogens is 350 g/mol. The second kappa shape index (κ2) is 7.19. The molecule has 0 saturated carbocycles. The normalized spacial score (nSPS) is 21.3. The van der Waals surface area contributed by atoms with Crippen LogP contribution in [0.15, 0.2) is 29.0 Å². The van der Waals surface area contributed by atoms with Crippen LogP contribution in [0.1, 0.15) is 45.0 Å². The average Bonchev–Trinajstić information content (AvgIpc) is 3.04. The number of amides is 1. The van der Waals surface area contributed by atoms with Gasteiger partial charge in [0, 0.05) is 13.1 Å². The number of carbonyl (C=O) groups excluding carboxylic acids is 2. The van der Waals surface area contributed by atoms with Crippen molar-refractivity contribution in [2.75, 3.05) is 13.1 Å². The smallest absolute Gasteiger partial charge is 0.410 e. The maximum atomic E-state index is 12.7. The van der Waals surface area contributed by atoms with Crippen molar-refractivity contribution in [2.24, 2.45) is 0 Å². The fourth-order valence-electron chi connectivity index (χ4n) is 3.16. The molecule has 8 nitrogen and oxygen atoms in total. The SMILES string of the molecule is C[C@@H]1CN(C(=O)OC(C)(C)C)C[C@@H](C)N1OC(=O)c1cccc2ocnc12. The summed E-state index contributed by atoms with van der Waals surface area (Å²) in [6.45, 7) is 10.1. The fraction of sp³-hybridized carbons (Fsp3) is 0.526. The van der Waals surface area contributed by atoms with E-state index < -0.39 is 11.6 Å². The van der Waals surface area contributed by atoms with Crippen LogP contribution in [0.2, 0.25) is 0 Å². The second-order valence-electron chi connectivity index (χ2n) is 7.83. The molecule has 3 rings (SSSR count). The highest BCUT2D eigenvalue weighted by Crippen LogP contribution is 2.22. The standard InChI is InChI=1S/C19H25N3O5/c1-12-9-21(18(24)26-19(3,4)5)10-13(2)22(12)27-17(23)14-7-6-8-15-16(14)20-11-25-15/h6-8,11-13H,9-10H2,1-5H3/t12-,13-/m1/s1. The molecule has 1 aliphatic heterocycles. The monoisotopic (exact) mass is 375 g/mol. The summed E-state index contributed by atoms with van der Waals surface area (Å²) in [5, 5.41) is 1.63. The molecule has 1 fully saturated rings. The summed E-state index contributed by atoms with van der Waals surface area (Å²) >= 11 is 0. The highest BCUT2D eigenvalue weighted by molar-refractivity contribution is 6.01. The number of aromatic nitrogens is 1. The maximum Gasteiger partial charge on any atom is 0.410 e. The number of benzene rings is 1. The Morgan fingerprint density at radius 2 is 1.85 bits per heavy atom. The van der Waals surface area contributed by atoms with Gasteiger partial charge in [-0.05, 0) is 46.8 Å². The lowest BCUT2D eigenvalue weighted by Gasteiger charge is -2.42. The minimum Gasteiger partial charge on any atom is -0.444 e. The van der Waals surface area contributed by atoms with Gasteiger partial charge in [0.05, 0.1) is 17.6 Å². The first kappa shape index (κ1) is 19.2. The Morgan fingerprint density at radius 3 is 2.48 bits per heavy atom. The zero-order valence-corrected chi connectivity index (χ0v) is 16.3. The van der Waals surface area contributed by atoms with Gasteiger partial charge < -0.3 is 18.9 Å². The minimum absolute atomic E-state index is 0.179. The lowest BCUT2D eigenvalue weighted by Crippen LogP contribution is -2.58.